The molecule has 1 aliphatic heterocycles. The Hall–Kier alpha value is -1.18. The van der Waals surface area contributed by atoms with Crippen LogP contribution in [0.15, 0.2) is 18.3 Å². The summed E-state index contributed by atoms with van der Waals surface area (Å²) in [5, 5.41) is 9.71. The lowest BCUT2D eigenvalue weighted by Gasteiger charge is -2.34. The highest BCUT2D eigenvalue weighted by atomic mass is 32.2. The van der Waals surface area contributed by atoms with Crippen molar-refractivity contribution in [3.63, 3.8) is 0 Å². The summed E-state index contributed by atoms with van der Waals surface area (Å²) in [6, 6.07) is 3.75. The first-order valence-corrected chi connectivity index (χ1v) is 8.60. The molecule has 0 aromatic carbocycles. The number of hydrogen-bond acceptors (Lipinski definition) is 5. The second kappa shape index (κ2) is 6.07. The standard InChI is InChI=1S/C13H21N3O3S/c1-3-13(17)12-5-4-11(10-14-12)15-6-8-16(9-7-15)20(2,18)19/h4-5,10,13,17H,3,6-9H2,1-2H3/t13-/m0/s1. The molecule has 0 radical (unpaired) electrons. The number of aliphatic hydroxyl groups is 1. The van der Waals surface area contributed by atoms with Crippen molar-refractivity contribution in [2.24, 2.45) is 0 Å². The van der Waals surface area contributed by atoms with Gasteiger partial charge in [-0.05, 0) is 18.6 Å². The highest BCUT2D eigenvalue weighted by Crippen LogP contribution is 2.20. The molecule has 0 amide bonds. The number of aromatic nitrogens is 1. The Labute approximate surface area is 120 Å². The molecule has 0 saturated carbocycles. The van der Waals surface area contributed by atoms with Crippen molar-refractivity contribution in [2.45, 2.75) is 19.4 Å². The fourth-order valence-corrected chi connectivity index (χ4v) is 3.10. The van der Waals surface area contributed by atoms with Crippen LogP contribution in [0.1, 0.15) is 25.1 Å². The molecule has 1 N–H and O–H groups in total. The Morgan fingerprint density at radius 1 is 1.30 bits per heavy atom. The number of nitrogens with zero attached hydrogens (tertiary/aromatic N) is 3. The van der Waals surface area contributed by atoms with Gasteiger partial charge >= 0.3 is 0 Å². The number of sulfonamides is 1. The lowest BCUT2D eigenvalue weighted by molar-refractivity contribution is 0.169. The molecule has 1 atom stereocenters. The zero-order chi connectivity index (χ0) is 14.8. The van der Waals surface area contributed by atoms with Gasteiger partial charge in [0.15, 0.2) is 0 Å². The van der Waals surface area contributed by atoms with Crippen LogP contribution in [0.5, 0.6) is 0 Å². The van der Waals surface area contributed by atoms with E-state index in [0.717, 1.165) is 5.69 Å². The minimum Gasteiger partial charge on any atom is -0.387 e. The van der Waals surface area contributed by atoms with E-state index < -0.39 is 16.1 Å². The number of rotatable bonds is 4. The van der Waals surface area contributed by atoms with E-state index >= 15 is 0 Å². The summed E-state index contributed by atoms with van der Waals surface area (Å²) in [5.41, 5.74) is 1.64. The van der Waals surface area contributed by atoms with Crippen molar-refractivity contribution < 1.29 is 13.5 Å². The van der Waals surface area contributed by atoms with E-state index in [-0.39, 0.29) is 0 Å². The Morgan fingerprint density at radius 2 is 1.95 bits per heavy atom. The van der Waals surface area contributed by atoms with Gasteiger partial charge in [0.25, 0.3) is 0 Å². The average Bonchev–Trinajstić information content (AvgIpc) is 2.46. The van der Waals surface area contributed by atoms with Crippen molar-refractivity contribution in [3.05, 3.63) is 24.0 Å². The smallest absolute Gasteiger partial charge is 0.211 e. The van der Waals surface area contributed by atoms with Crippen LogP contribution in [0.3, 0.4) is 0 Å². The van der Waals surface area contributed by atoms with Crippen LogP contribution in [0.2, 0.25) is 0 Å². The molecule has 0 unspecified atom stereocenters. The molecule has 1 aromatic heterocycles. The van der Waals surface area contributed by atoms with Gasteiger partial charge in [0.1, 0.15) is 0 Å². The largest absolute Gasteiger partial charge is 0.387 e. The molecule has 7 heteroatoms. The van der Waals surface area contributed by atoms with Crippen LogP contribution in [0, 0.1) is 0 Å². The van der Waals surface area contributed by atoms with Crippen LogP contribution >= 0.6 is 0 Å². The van der Waals surface area contributed by atoms with Gasteiger partial charge < -0.3 is 10.0 Å². The first kappa shape index (κ1) is 15.2. The maximum atomic E-state index is 11.4. The van der Waals surface area contributed by atoms with Crippen molar-refractivity contribution in [2.75, 3.05) is 37.3 Å². The van der Waals surface area contributed by atoms with Gasteiger partial charge in [0.2, 0.25) is 10.0 Å². The number of pyridine rings is 1. The van der Waals surface area contributed by atoms with Crippen LogP contribution in [0.4, 0.5) is 5.69 Å². The molecule has 20 heavy (non-hydrogen) atoms. The number of aliphatic hydroxyl groups excluding tert-OH is 1. The zero-order valence-corrected chi connectivity index (χ0v) is 12.7. The van der Waals surface area contributed by atoms with E-state index in [1.54, 1.807) is 6.20 Å². The van der Waals surface area contributed by atoms with E-state index in [2.05, 4.69) is 9.88 Å². The topological polar surface area (TPSA) is 73.7 Å². The van der Waals surface area contributed by atoms with Crippen molar-refractivity contribution >= 4 is 15.7 Å². The molecule has 1 aliphatic rings. The molecular weight excluding hydrogens is 278 g/mol. The highest BCUT2D eigenvalue weighted by molar-refractivity contribution is 7.88. The molecule has 112 valence electrons. The monoisotopic (exact) mass is 299 g/mol. The normalized spacial score (nSPS) is 19.1. The summed E-state index contributed by atoms with van der Waals surface area (Å²) >= 11 is 0. The van der Waals surface area contributed by atoms with Gasteiger partial charge in [-0.15, -0.1) is 0 Å². The first-order valence-electron chi connectivity index (χ1n) is 6.76. The second-order valence-corrected chi connectivity index (χ2v) is 7.00. The number of piperazine rings is 1. The predicted octanol–water partition coefficient (Wildman–Crippen LogP) is 0.607. The van der Waals surface area contributed by atoms with E-state index in [4.69, 9.17) is 0 Å². The zero-order valence-electron chi connectivity index (χ0n) is 11.9. The van der Waals surface area contributed by atoms with Crippen LogP contribution in [0.25, 0.3) is 0 Å². The molecular formula is C13H21N3O3S. The summed E-state index contributed by atoms with van der Waals surface area (Å²) in [7, 11) is -3.09. The summed E-state index contributed by atoms with van der Waals surface area (Å²) in [6.07, 6.45) is 3.10. The number of hydrogen-bond donors (Lipinski definition) is 1. The second-order valence-electron chi connectivity index (χ2n) is 5.01. The highest BCUT2D eigenvalue weighted by Gasteiger charge is 2.23. The minimum atomic E-state index is -3.09. The van der Waals surface area contributed by atoms with E-state index in [9.17, 15) is 13.5 Å². The fourth-order valence-electron chi connectivity index (χ4n) is 2.27. The summed E-state index contributed by atoms with van der Waals surface area (Å²) < 4.78 is 24.4. The van der Waals surface area contributed by atoms with Crippen LogP contribution in [-0.2, 0) is 10.0 Å². The third kappa shape index (κ3) is 3.47. The molecule has 1 aromatic rings. The van der Waals surface area contributed by atoms with E-state index in [1.165, 1.54) is 10.6 Å². The predicted molar refractivity (Wildman–Crippen MR) is 78.1 cm³/mol. The van der Waals surface area contributed by atoms with E-state index in [1.807, 2.05) is 19.1 Å². The Bertz CT molecular complexity index is 536. The van der Waals surface area contributed by atoms with Crippen molar-refractivity contribution in [3.8, 4) is 0 Å². The molecule has 2 rings (SSSR count). The first-order chi connectivity index (χ1) is 9.41. The van der Waals surface area contributed by atoms with Crippen molar-refractivity contribution in [1.29, 1.82) is 0 Å². The summed E-state index contributed by atoms with van der Waals surface area (Å²) in [4.78, 5) is 6.38. The van der Waals surface area contributed by atoms with Crippen LogP contribution in [-0.4, -0.2) is 55.2 Å². The Kier molecular flexibility index (Phi) is 4.62. The summed E-state index contributed by atoms with van der Waals surface area (Å²) in [5.74, 6) is 0. The molecule has 1 saturated heterocycles. The maximum Gasteiger partial charge on any atom is 0.211 e. The van der Waals surface area contributed by atoms with E-state index in [0.29, 0.717) is 38.3 Å². The molecule has 6 nitrogen and oxygen atoms in total. The Balaban J connectivity index is 2.00. The van der Waals surface area contributed by atoms with Crippen molar-refractivity contribution in [1.82, 2.24) is 9.29 Å². The van der Waals surface area contributed by atoms with Gasteiger partial charge in [-0.3, -0.25) is 4.98 Å². The van der Waals surface area contributed by atoms with Gasteiger partial charge in [0.05, 0.1) is 29.9 Å². The van der Waals surface area contributed by atoms with Gasteiger partial charge in [-0.1, -0.05) is 6.92 Å². The molecule has 0 aliphatic carbocycles. The third-order valence-corrected chi connectivity index (χ3v) is 4.87. The number of anilines is 1. The van der Waals surface area contributed by atoms with Gasteiger partial charge in [0, 0.05) is 26.2 Å². The molecule has 2 heterocycles. The lowest BCUT2D eigenvalue weighted by Crippen LogP contribution is -2.48. The average molecular weight is 299 g/mol. The van der Waals surface area contributed by atoms with Gasteiger partial charge in [-0.25, -0.2) is 8.42 Å². The fraction of sp³-hybridized carbons (Fsp3) is 0.615. The molecule has 1 fully saturated rings. The van der Waals surface area contributed by atoms with Gasteiger partial charge in [-0.2, -0.15) is 4.31 Å². The molecule has 0 bridgehead atoms. The maximum absolute atomic E-state index is 11.4. The third-order valence-electron chi connectivity index (χ3n) is 3.57. The lowest BCUT2D eigenvalue weighted by atomic mass is 10.2. The van der Waals surface area contributed by atoms with Crippen LogP contribution < -0.4 is 4.90 Å². The Morgan fingerprint density at radius 3 is 2.40 bits per heavy atom. The molecule has 0 spiro atoms. The minimum absolute atomic E-state index is 0.498. The quantitative estimate of drug-likeness (QED) is 0.881. The summed E-state index contributed by atoms with van der Waals surface area (Å²) in [6.45, 7) is 4.22. The SMILES string of the molecule is CC[C@H](O)c1ccc(N2CCN(S(C)(=O)=O)CC2)cn1.